The van der Waals surface area contributed by atoms with Crippen LogP contribution >= 0.6 is 0 Å². The van der Waals surface area contributed by atoms with Crippen molar-refractivity contribution >= 4 is 5.97 Å². The van der Waals surface area contributed by atoms with Crippen molar-refractivity contribution in [3.05, 3.63) is 48.5 Å². The van der Waals surface area contributed by atoms with Crippen LogP contribution in [0.4, 0.5) is 0 Å². The van der Waals surface area contributed by atoms with Gasteiger partial charge in [0.05, 0.1) is 32.5 Å². The summed E-state index contributed by atoms with van der Waals surface area (Å²) in [5.74, 6) is 1.45. The number of nitrogens with zero attached hydrogens (tertiary/aromatic N) is 1. The van der Waals surface area contributed by atoms with Crippen molar-refractivity contribution < 1.29 is 23.7 Å². The van der Waals surface area contributed by atoms with Gasteiger partial charge in [0.2, 0.25) is 0 Å². The van der Waals surface area contributed by atoms with Crippen LogP contribution in [0.1, 0.15) is 51.9 Å². The lowest BCUT2D eigenvalue weighted by Crippen LogP contribution is -2.49. The molecule has 6 heteroatoms. The molecule has 3 aliphatic rings. The van der Waals surface area contributed by atoms with Crippen molar-refractivity contribution in [3.63, 3.8) is 0 Å². The standard InChI is InChI=1S/C25H33NO5/c1-17-4-5-21-19-16-30-24(7-6-23(27)28-3)31-22(19)8-12-25(21,2)20(17)11-15-29-18-9-13-26-14-10-18/h9-10,13-14,16,20-22,24H,1,4-8,11-12,15H2,2-3H3/t20-,21?,22-,24-,25+/m1/s1. The van der Waals surface area contributed by atoms with E-state index in [0.29, 0.717) is 31.3 Å². The Hall–Kier alpha value is -2.34. The van der Waals surface area contributed by atoms with Crippen LogP contribution < -0.4 is 4.74 Å². The molecule has 0 bridgehead atoms. The maximum absolute atomic E-state index is 11.4. The number of carbonyl (C=O) groups excluding carboxylic acids is 1. The molecule has 168 valence electrons. The van der Waals surface area contributed by atoms with Gasteiger partial charge in [0.1, 0.15) is 5.75 Å². The molecule has 2 fully saturated rings. The van der Waals surface area contributed by atoms with Gasteiger partial charge in [-0.3, -0.25) is 9.78 Å². The number of rotatable bonds is 7. The summed E-state index contributed by atoms with van der Waals surface area (Å²) in [6.07, 6.45) is 11.1. The number of hydrogen-bond donors (Lipinski definition) is 0. The maximum atomic E-state index is 11.4. The second-order valence-corrected chi connectivity index (χ2v) is 9.09. The first-order valence-corrected chi connectivity index (χ1v) is 11.3. The third-order valence-electron chi connectivity index (χ3n) is 7.37. The zero-order valence-electron chi connectivity index (χ0n) is 18.5. The summed E-state index contributed by atoms with van der Waals surface area (Å²) in [4.78, 5) is 15.5. The Morgan fingerprint density at radius 1 is 1.29 bits per heavy atom. The van der Waals surface area contributed by atoms with E-state index in [1.807, 2.05) is 18.4 Å². The molecule has 31 heavy (non-hydrogen) atoms. The molecular formula is C25H33NO5. The Labute approximate surface area is 184 Å². The van der Waals surface area contributed by atoms with Crippen LogP contribution in [0.15, 0.2) is 48.5 Å². The highest BCUT2D eigenvalue weighted by atomic mass is 16.7. The molecule has 2 aliphatic carbocycles. The van der Waals surface area contributed by atoms with E-state index in [0.717, 1.165) is 37.9 Å². The number of ether oxygens (including phenoxy) is 4. The van der Waals surface area contributed by atoms with Crippen LogP contribution in [0.2, 0.25) is 0 Å². The van der Waals surface area contributed by atoms with Crippen molar-refractivity contribution in [2.75, 3.05) is 13.7 Å². The largest absolute Gasteiger partial charge is 0.493 e. The van der Waals surface area contributed by atoms with Gasteiger partial charge in [-0.25, -0.2) is 0 Å². The molecule has 6 nitrogen and oxygen atoms in total. The number of carbonyl (C=O) groups is 1. The number of allylic oxidation sites excluding steroid dienone is 1. The summed E-state index contributed by atoms with van der Waals surface area (Å²) >= 11 is 0. The van der Waals surface area contributed by atoms with Crippen molar-refractivity contribution in [1.29, 1.82) is 0 Å². The smallest absolute Gasteiger partial charge is 0.305 e. The normalized spacial score (nSPS) is 32.2. The number of esters is 1. The van der Waals surface area contributed by atoms with Gasteiger partial charge in [0.15, 0.2) is 6.29 Å². The van der Waals surface area contributed by atoms with E-state index in [1.54, 1.807) is 12.4 Å². The van der Waals surface area contributed by atoms with Gasteiger partial charge in [0.25, 0.3) is 0 Å². The first kappa shape index (κ1) is 21.9. The number of methoxy groups -OCH3 is 1. The van der Waals surface area contributed by atoms with Gasteiger partial charge in [0, 0.05) is 18.8 Å². The van der Waals surface area contributed by atoms with Crippen LogP contribution in [0.5, 0.6) is 5.75 Å². The molecule has 4 rings (SSSR count). The molecule has 1 aromatic heterocycles. The molecule has 1 unspecified atom stereocenters. The second kappa shape index (κ2) is 9.43. The summed E-state index contributed by atoms with van der Waals surface area (Å²) in [5.41, 5.74) is 2.74. The fraction of sp³-hybridized carbons (Fsp3) is 0.600. The van der Waals surface area contributed by atoms with Crippen molar-refractivity contribution in [1.82, 2.24) is 4.98 Å². The van der Waals surface area contributed by atoms with Crippen LogP contribution in [0.25, 0.3) is 0 Å². The van der Waals surface area contributed by atoms with Crippen molar-refractivity contribution in [2.24, 2.45) is 17.3 Å². The Morgan fingerprint density at radius 2 is 2.10 bits per heavy atom. The average molecular weight is 428 g/mol. The van der Waals surface area contributed by atoms with Gasteiger partial charge >= 0.3 is 5.97 Å². The zero-order chi connectivity index (χ0) is 21.8. The number of aromatic nitrogens is 1. The minimum Gasteiger partial charge on any atom is -0.493 e. The maximum Gasteiger partial charge on any atom is 0.305 e. The predicted octanol–water partition coefficient (Wildman–Crippen LogP) is 4.81. The van der Waals surface area contributed by atoms with Gasteiger partial charge in [-0.1, -0.05) is 19.1 Å². The Morgan fingerprint density at radius 3 is 2.87 bits per heavy atom. The molecule has 1 aromatic rings. The van der Waals surface area contributed by atoms with E-state index in [9.17, 15) is 4.79 Å². The van der Waals surface area contributed by atoms with E-state index in [-0.39, 0.29) is 23.8 Å². The van der Waals surface area contributed by atoms with Gasteiger partial charge in [-0.05, 0) is 67.1 Å². The molecule has 2 heterocycles. The highest BCUT2D eigenvalue weighted by molar-refractivity contribution is 5.69. The van der Waals surface area contributed by atoms with Gasteiger partial charge in [-0.2, -0.15) is 0 Å². The molecule has 0 radical (unpaired) electrons. The minimum atomic E-state index is -0.375. The Bertz CT molecular complexity index is 822. The summed E-state index contributed by atoms with van der Waals surface area (Å²) in [6.45, 7) is 7.50. The van der Waals surface area contributed by atoms with E-state index < -0.39 is 0 Å². The molecule has 0 aromatic carbocycles. The number of fused-ring (bicyclic) bond motifs is 3. The van der Waals surface area contributed by atoms with E-state index in [2.05, 4.69) is 18.5 Å². The highest BCUT2D eigenvalue weighted by Gasteiger charge is 2.52. The first-order chi connectivity index (χ1) is 15.0. The lowest BCUT2D eigenvalue weighted by Gasteiger charge is -2.55. The highest BCUT2D eigenvalue weighted by Crippen LogP contribution is 2.58. The second-order valence-electron chi connectivity index (χ2n) is 9.09. The third kappa shape index (κ3) is 4.64. The third-order valence-corrected chi connectivity index (χ3v) is 7.37. The van der Waals surface area contributed by atoms with Gasteiger partial charge in [-0.15, -0.1) is 0 Å². The SMILES string of the molecule is C=C1CCC2C3=CO[C@@H](CCC(=O)OC)O[C@@H]3CC[C@@]2(C)[C@@H]1CCOc1ccncc1. The van der Waals surface area contributed by atoms with Crippen LogP contribution in [0.3, 0.4) is 0 Å². The van der Waals surface area contributed by atoms with Crippen molar-refractivity contribution in [2.45, 2.75) is 64.3 Å². The van der Waals surface area contributed by atoms with E-state index in [1.165, 1.54) is 18.3 Å². The average Bonchev–Trinajstić information content (AvgIpc) is 2.79. The molecule has 0 amide bonds. The fourth-order valence-electron chi connectivity index (χ4n) is 5.68. The van der Waals surface area contributed by atoms with Crippen LogP contribution in [0, 0.1) is 17.3 Å². The molecule has 1 aliphatic heterocycles. The summed E-state index contributed by atoms with van der Waals surface area (Å²) < 4.78 is 22.8. The lowest BCUT2D eigenvalue weighted by atomic mass is 9.52. The summed E-state index contributed by atoms with van der Waals surface area (Å²) in [5, 5.41) is 0. The zero-order valence-corrected chi connectivity index (χ0v) is 18.5. The van der Waals surface area contributed by atoms with Crippen LogP contribution in [-0.2, 0) is 19.0 Å². The Kier molecular flexibility index (Phi) is 6.65. The molecule has 0 saturated heterocycles. The van der Waals surface area contributed by atoms with Gasteiger partial charge < -0.3 is 18.9 Å². The number of hydrogen-bond acceptors (Lipinski definition) is 6. The first-order valence-electron chi connectivity index (χ1n) is 11.3. The van der Waals surface area contributed by atoms with Crippen molar-refractivity contribution in [3.8, 4) is 5.75 Å². The summed E-state index contributed by atoms with van der Waals surface area (Å²) in [7, 11) is 1.40. The quantitative estimate of drug-likeness (QED) is 0.459. The minimum absolute atomic E-state index is 0.0783. The topological polar surface area (TPSA) is 66.9 Å². The van der Waals surface area contributed by atoms with E-state index in [4.69, 9.17) is 18.9 Å². The monoisotopic (exact) mass is 427 g/mol. The van der Waals surface area contributed by atoms with E-state index >= 15 is 0 Å². The molecule has 0 spiro atoms. The predicted molar refractivity (Wildman–Crippen MR) is 116 cm³/mol. The molecule has 2 saturated carbocycles. The fourth-order valence-corrected chi connectivity index (χ4v) is 5.68. The molecule has 5 atom stereocenters. The lowest BCUT2D eigenvalue weighted by molar-refractivity contribution is -0.175. The summed E-state index contributed by atoms with van der Waals surface area (Å²) in [6, 6.07) is 3.78. The molecule has 0 N–H and O–H groups in total. The molecular weight excluding hydrogens is 394 g/mol. The van der Waals surface area contributed by atoms with Crippen LogP contribution in [-0.4, -0.2) is 37.1 Å². The Balaban J connectivity index is 1.41. The number of pyridine rings is 1.